The molecule has 84 valence electrons. The average molecular weight is 201 g/mol. The fraction of sp³-hybridized carbons (Fsp3) is 0.909. The summed E-state index contributed by atoms with van der Waals surface area (Å²) in [4.78, 5) is 11.6. The van der Waals surface area contributed by atoms with Crippen LogP contribution >= 0.6 is 0 Å². The molecule has 3 heteroatoms. The molecule has 0 bridgehead atoms. The van der Waals surface area contributed by atoms with Crippen LogP contribution in [0.2, 0.25) is 0 Å². The zero-order valence-corrected chi connectivity index (χ0v) is 9.75. The molecule has 3 unspecified atom stereocenters. The minimum absolute atomic E-state index is 0.0417. The summed E-state index contributed by atoms with van der Waals surface area (Å²) < 4.78 is 5.03. The van der Waals surface area contributed by atoms with Crippen molar-refractivity contribution in [3.05, 3.63) is 0 Å². The lowest BCUT2D eigenvalue weighted by Gasteiger charge is -2.22. The van der Waals surface area contributed by atoms with Crippen molar-refractivity contribution < 1.29 is 9.53 Å². The van der Waals surface area contributed by atoms with Gasteiger partial charge in [0.05, 0.1) is 12.5 Å². The topological polar surface area (TPSA) is 52.3 Å². The van der Waals surface area contributed by atoms with Crippen LogP contribution in [0.5, 0.6) is 0 Å². The van der Waals surface area contributed by atoms with Crippen molar-refractivity contribution in [2.45, 2.75) is 46.6 Å². The average Bonchev–Trinajstić information content (AvgIpc) is 2.13. The summed E-state index contributed by atoms with van der Waals surface area (Å²) in [6.07, 6.45) is 1.70. The van der Waals surface area contributed by atoms with Crippen LogP contribution in [-0.4, -0.2) is 18.6 Å². The molecule has 0 radical (unpaired) electrons. The van der Waals surface area contributed by atoms with Gasteiger partial charge in [0.1, 0.15) is 0 Å². The van der Waals surface area contributed by atoms with Crippen molar-refractivity contribution in [2.75, 3.05) is 6.61 Å². The number of rotatable bonds is 6. The van der Waals surface area contributed by atoms with Gasteiger partial charge in [-0.2, -0.15) is 0 Å². The second-order valence-corrected chi connectivity index (χ2v) is 3.96. The van der Waals surface area contributed by atoms with Gasteiger partial charge in [0, 0.05) is 6.04 Å². The van der Waals surface area contributed by atoms with E-state index in [1.165, 1.54) is 0 Å². The summed E-state index contributed by atoms with van der Waals surface area (Å²) >= 11 is 0. The number of nitrogens with two attached hydrogens (primary N) is 1. The zero-order valence-electron chi connectivity index (χ0n) is 9.75. The molecule has 0 amide bonds. The highest BCUT2D eigenvalue weighted by Crippen LogP contribution is 2.21. The third-order valence-corrected chi connectivity index (χ3v) is 2.55. The predicted molar refractivity (Wildman–Crippen MR) is 57.8 cm³/mol. The molecule has 0 aromatic carbocycles. The van der Waals surface area contributed by atoms with E-state index in [4.69, 9.17) is 10.5 Å². The Kier molecular flexibility index (Phi) is 6.54. The molecule has 0 saturated carbocycles. The van der Waals surface area contributed by atoms with Gasteiger partial charge in [-0.25, -0.2) is 0 Å². The molecule has 0 aliphatic rings. The van der Waals surface area contributed by atoms with Crippen LogP contribution in [0.25, 0.3) is 0 Å². The fourth-order valence-electron chi connectivity index (χ4n) is 1.50. The number of hydrogen-bond acceptors (Lipinski definition) is 3. The Hall–Kier alpha value is -0.570. The molecule has 0 aromatic rings. The van der Waals surface area contributed by atoms with Gasteiger partial charge >= 0.3 is 5.97 Å². The summed E-state index contributed by atoms with van der Waals surface area (Å²) in [7, 11) is 0. The van der Waals surface area contributed by atoms with E-state index < -0.39 is 0 Å². The summed E-state index contributed by atoms with van der Waals surface area (Å²) in [5, 5.41) is 0. The standard InChI is InChI=1S/C11H23NO2/c1-5-8(3)10(7-9(4)12)11(13)14-6-2/h8-10H,5-7,12H2,1-4H3. The Bertz CT molecular complexity index is 169. The summed E-state index contributed by atoms with van der Waals surface area (Å²) in [6.45, 7) is 8.36. The quantitative estimate of drug-likeness (QED) is 0.668. The summed E-state index contributed by atoms with van der Waals surface area (Å²) in [5.74, 6) is 0.208. The molecule has 0 aliphatic heterocycles. The molecular formula is C11H23NO2. The first-order valence-electron chi connectivity index (χ1n) is 5.45. The molecule has 0 spiro atoms. The number of hydrogen-bond donors (Lipinski definition) is 1. The van der Waals surface area contributed by atoms with E-state index in [9.17, 15) is 4.79 Å². The van der Waals surface area contributed by atoms with E-state index in [1.807, 2.05) is 13.8 Å². The van der Waals surface area contributed by atoms with E-state index in [0.29, 0.717) is 18.9 Å². The normalized spacial score (nSPS) is 17.2. The van der Waals surface area contributed by atoms with E-state index in [0.717, 1.165) is 6.42 Å². The molecular weight excluding hydrogens is 178 g/mol. The maximum Gasteiger partial charge on any atom is 0.309 e. The van der Waals surface area contributed by atoms with E-state index in [2.05, 4.69) is 13.8 Å². The van der Waals surface area contributed by atoms with E-state index in [1.54, 1.807) is 0 Å². The first-order valence-corrected chi connectivity index (χ1v) is 5.45. The Balaban J connectivity index is 4.30. The maximum absolute atomic E-state index is 11.6. The third-order valence-electron chi connectivity index (χ3n) is 2.55. The molecule has 2 N–H and O–H groups in total. The number of carbonyl (C=O) groups excluding carboxylic acids is 1. The van der Waals surface area contributed by atoms with Crippen LogP contribution in [0.1, 0.15) is 40.5 Å². The van der Waals surface area contributed by atoms with Crippen LogP contribution in [0, 0.1) is 11.8 Å². The number of ether oxygens (including phenoxy) is 1. The van der Waals surface area contributed by atoms with E-state index in [-0.39, 0.29) is 17.9 Å². The lowest BCUT2D eigenvalue weighted by Crippen LogP contribution is -2.30. The van der Waals surface area contributed by atoms with Crippen LogP contribution in [-0.2, 0) is 9.53 Å². The minimum Gasteiger partial charge on any atom is -0.466 e. The molecule has 0 heterocycles. The maximum atomic E-state index is 11.6. The Morgan fingerprint density at radius 3 is 2.29 bits per heavy atom. The van der Waals surface area contributed by atoms with E-state index >= 15 is 0 Å². The molecule has 0 saturated heterocycles. The van der Waals surface area contributed by atoms with Crippen molar-refractivity contribution in [3.63, 3.8) is 0 Å². The lowest BCUT2D eigenvalue weighted by molar-refractivity contribution is -0.150. The van der Waals surface area contributed by atoms with Gasteiger partial charge in [-0.05, 0) is 26.2 Å². The lowest BCUT2D eigenvalue weighted by atomic mass is 9.87. The summed E-state index contributed by atoms with van der Waals surface area (Å²) in [5.41, 5.74) is 5.71. The first-order chi connectivity index (χ1) is 6.52. The van der Waals surface area contributed by atoms with Gasteiger partial charge < -0.3 is 10.5 Å². The largest absolute Gasteiger partial charge is 0.466 e. The third kappa shape index (κ3) is 4.61. The highest BCUT2D eigenvalue weighted by molar-refractivity contribution is 5.72. The van der Waals surface area contributed by atoms with Crippen LogP contribution in [0.15, 0.2) is 0 Å². The van der Waals surface area contributed by atoms with Gasteiger partial charge in [-0.15, -0.1) is 0 Å². The van der Waals surface area contributed by atoms with Crippen molar-refractivity contribution in [2.24, 2.45) is 17.6 Å². The fourth-order valence-corrected chi connectivity index (χ4v) is 1.50. The smallest absolute Gasteiger partial charge is 0.309 e. The van der Waals surface area contributed by atoms with Gasteiger partial charge in [-0.3, -0.25) is 4.79 Å². The second kappa shape index (κ2) is 6.82. The van der Waals surface area contributed by atoms with Crippen LogP contribution in [0.3, 0.4) is 0 Å². The molecule has 0 aliphatic carbocycles. The Morgan fingerprint density at radius 2 is 1.93 bits per heavy atom. The predicted octanol–water partition coefficient (Wildman–Crippen LogP) is 1.95. The monoisotopic (exact) mass is 201 g/mol. The van der Waals surface area contributed by atoms with Crippen LogP contribution in [0.4, 0.5) is 0 Å². The van der Waals surface area contributed by atoms with Gasteiger partial charge in [-0.1, -0.05) is 20.3 Å². The molecule has 0 fully saturated rings. The van der Waals surface area contributed by atoms with Crippen molar-refractivity contribution in [3.8, 4) is 0 Å². The highest BCUT2D eigenvalue weighted by atomic mass is 16.5. The second-order valence-electron chi connectivity index (χ2n) is 3.96. The summed E-state index contributed by atoms with van der Waals surface area (Å²) in [6, 6.07) is 0.0541. The highest BCUT2D eigenvalue weighted by Gasteiger charge is 2.25. The Morgan fingerprint density at radius 1 is 1.36 bits per heavy atom. The zero-order chi connectivity index (χ0) is 11.1. The number of esters is 1. The molecule has 0 rings (SSSR count). The SMILES string of the molecule is CCOC(=O)C(CC(C)N)C(C)CC. The van der Waals surface area contributed by atoms with Crippen molar-refractivity contribution in [1.29, 1.82) is 0 Å². The van der Waals surface area contributed by atoms with Gasteiger partial charge in [0.2, 0.25) is 0 Å². The van der Waals surface area contributed by atoms with Gasteiger partial charge in [0.25, 0.3) is 0 Å². The van der Waals surface area contributed by atoms with Crippen LogP contribution < -0.4 is 5.73 Å². The minimum atomic E-state index is -0.0980. The Labute approximate surface area is 87.0 Å². The van der Waals surface area contributed by atoms with Gasteiger partial charge in [0.15, 0.2) is 0 Å². The molecule has 3 nitrogen and oxygen atoms in total. The first kappa shape index (κ1) is 13.4. The van der Waals surface area contributed by atoms with Crippen molar-refractivity contribution >= 4 is 5.97 Å². The molecule has 14 heavy (non-hydrogen) atoms. The van der Waals surface area contributed by atoms with Crippen molar-refractivity contribution in [1.82, 2.24) is 0 Å². The molecule has 3 atom stereocenters. The number of carbonyl (C=O) groups is 1. The molecule has 0 aromatic heterocycles.